The van der Waals surface area contributed by atoms with E-state index in [4.69, 9.17) is 19.4 Å². The number of aryl methyl sites for hydroxylation is 1. The number of nitrogens with zero attached hydrogens (tertiary/aromatic N) is 1. The quantitative estimate of drug-likeness (QED) is 0.129. The molecule has 1 fully saturated rings. The number of phosphoric ester groups is 1. The van der Waals surface area contributed by atoms with E-state index < -0.39 is 59.8 Å². The molecule has 1 saturated heterocycles. The van der Waals surface area contributed by atoms with Crippen LogP contribution in [0.4, 0.5) is 0 Å². The van der Waals surface area contributed by atoms with Crippen LogP contribution in [0.1, 0.15) is 22.5 Å². The maximum Gasteiger partial charge on any atom is 1.00 e. The average Bonchev–Trinajstić information content (AvgIpc) is 2.86. The Balaban J connectivity index is -0.000000500. The van der Waals surface area contributed by atoms with Crippen LogP contribution < -0.4 is 99.9 Å². The van der Waals surface area contributed by atoms with Crippen LogP contribution in [0.2, 0.25) is 0 Å². The van der Waals surface area contributed by atoms with Crippen molar-refractivity contribution in [1.82, 2.24) is 9.55 Å². The van der Waals surface area contributed by atoms with Crippen LogP contribution in [0.25, 0.3) is 0 Å². The second-order valence-corrected chi connectivity index (χ2v) is 10.2. The Morgan fingerprint density at radius 3 is 2.22 bits per heavy atom. The van der Waals surface area contributed by atoms with Crippen LogP contribution in [0.5, 0.6) is 0 Å². The summed E-state index contributed by atoms with van der Waals surface area (Å²) in [6, 6.07) is 0. The zero-order valence-electron chi connectivity index (χ0n) is 20.4. The van der Waals surface area contributed by atoms with Gasteiger partial charge in [-0.3, -0.25) is 18.9 Å². The molecular formula is C10H20N2Na3O14P3. The van der Waals surface area contributed by atoms with Crippen molar-refractivity contribution in [3.8, 4) is 0 Å². The summed E-state index contributed by atoms with van der Waals surface area (Å²) in [6.45, 7) is 0.547. The SMILES string of the molecule is Cc1cn([C@H]2C[C@H](O)[C@@H](COP(=O)(O)OP(=O)(O)OP(=O)(O)O)O2)c(=O)[nH]c1=O.[H-].[H-].[H-].[Na+].[Na+].[Na+]. The Bertz CT molecular complexity index is 1040. The van der Waals surface area contributed by atoms with Gasteiger partial charge in [-0.25, -0.2) is 18.5 Å². The summed E-state index contributed by atoms with van der Waals surface area (Å²) >= 11 is 0. The molecule has 0 saturated carbocycles. The predicted octanol–water partition coefficient (Wildman–Crippen LogP) is -9.81. The fourth-order valence-electron chi connectivity index (χ4n) is 2.31. The summed E-state index contributed by atoms with van der Waals surface area (Å²) in [5.74, 6) is 0. The molecule has 22 heteroatoms. The molecule has 16 nitrogen and oxygen atoms in total. The summed E-state index contributed by atoms with van der Waals surface area (Å²) in [6.07, 6.45) is -2.67. The van der Waals surface area contributed by atoms with Gasteiger partial charge in [0.05, 0.1) is 12.7 Å². The summed E-state index contributed by atoms with van der Waals surface area (Å²) < 4.78 is 51.3. The van der Waals surface area contributed by atoms with E-state index >= 15 is 0 Å². The van der Waals surface area contributed by atoms with Crippen LogP contribution in [0.15, 0.2) is 15.8 Å². The third kappa shape index (κ3) is 11.4. The molecule has 0 spiro atoms. The fraction of sp³-hybridized carbons (Fsp3) is 0.600. The molecule has 1 aromatic heterocycles. The summed E-state index contributed by atoms with van der Waals surface area (Å²) in [5, 5.41) is 9.98. The zero-order valence-corrected chi connectivity index (χ0v) is 26.1. The largest absolute Gasteiger partial charge is 1.00 e. The van der Waals surface area contributed by atoms with Gasteiger partial charge in [0.25, 0.3) is 5.56 Å². The molecule has 1 aliphatic heterocycles. The average molecular weight is 554 g/mol. The van der Waals surface area contributed by atoms with Crippen LogP contribution in [-0.2, 0) is 31.6 Å². The van der Waals surface area contributed by atoms with Crippen LogP contribution in [0, 0.1) is 6.92 Å². The molecule has 1 aromatic rings. The molecule has 2 unspecified atom stereocenters. The molecule has 0 amide bonds. The minimum absolute atomic E-state index is 0. The van der Waals surface area contributed by atoms with Crippen molar-refractivity contribution in [2.75, 3.05) is 6.61 Å². The number of hydrogen-bond donors (Lipinski definition) is 6. The second kappa shape index (κ2) is 14.1. The van der Waals surface area contributed by atoms with E-state index in [1.54, 1.807) is 0 Å². The Hall–Kier alpha value is 2.01. The van der Waals surface area contributed by atoms with E-state index in [2.05, 4.69) is 13.1 Å². The molecule has 32 heavy (non-hydrogen) atoms. The van der Waals surface area contributed by atoms with Crippen molar-refractivity contribution in [3.05, 3.63) is 32.6 Å². The van der Waals surface area contributed by atoms with Crippen LogP contribution in [0.3, 0.4) is 0 Å². The van der Waals surface area contributed by atoms with Gasteiger partial charge in [-0.2, -0.15) is 8.62 Å². The van der Waals surface area contributed by atoms with Gasteiger partial charge in [0.2, 0.25) is 0 Å². The van der Waals surface area contributed by atoms with Gasteiger partial charge in [0.1, 0.15) is 12.3 Å². The van der Waals surface area contributed by atoms with Crippen molar-refractivity contribution in [3.63, 3.8) is 0 Å². The smallest absolute Gasteiger partial charge is 1.00 e. The van der Waals surface area contributed by atoms with E-state index in [1.165, 1.54) is 13.1 Å². The van der Waals surface area contributed by atoms with Gasteiger partial charge in [0.15, 0.2) is 0 Å². The Kier molecular flexibility index (Phi) is 15.9. The molecule has 172 valence electrons. The van der Waals surface area contributed by atoms with Crippen molar-refractivity contribution < 1.29 is 149 Å². The number of phosphoric acid groups is 3. The summed E-state index contributed by atoms with van der Waals surface area (Å²) in [4.78, 5) is 60.6. The van der Waals surface area contributed by atoms with E-state index in [9.17, 15) is 33.3 Å². The van der Waals surface area contributed by atoms with Crippen molar-refractivity contribution >= 4 is 23.5 Å². The second-order valence-electron chi connectivity index (χ2n) is 5.80. The molecule has 2 heterocycles. The van der Waals surface area contributed by atoms with E-state index in [0.717, 1.165) is 4.57 Å². The number of H-pyrrole nitrogens is 1. The van der Waals surface area contributed by atoms with E-state index in [0.29, 0.717) is 0 Å². The monoisotopic (exact) mass is 554 g/mol. The standard InChI is InChI=1S/C10H17N2O14P3.3Na.3H/c1-5-3-12(10(15)11-9(5)14)8-2-6(13)7(24-8)4-23-28(19,20)26-29(21,22)25-27(16,17)18;;;;;;/h3,6-8,13H,2,4H2,1H3,(H,19,20)(H,21,22)(H,11,14,15)(H2,16,17,18);;;;;;/q;3*+1;3*-1/t6-,7+,8+;;;;;;/m0....../s1. The molecule has 2 rings (SSSR count). The number of aromatic amines is 1. The number of ether oxygens (including phenoxy) is 1. The first-order chi connectivity index (χ1) is 13.1. The molecule has 0 bridgehead atoms. The summed E-state index contributed by atoms with van der Waals surface area (Å²) in [7, 11) is -16.6. The molecule has 0 aliphatic carbocycles. The molecule has 0 aromatic carbocycles. The number of aliphatic hydroxyl groups is 1. The summed E-state index contributed by atoms with van der Waals surface area (Å²) in [5.41, 5.74) is -1.26. The maximum atomic E-state index is 11.9. The number of nitrogens with one attached hydrogen (secondary N) is 1. The topological polar surface area (TPSA) is 244 Å². The third-order valence-electron chi connectivity index (χ3n) is 3.48. The van der Waals surface area contributed by atoms with Gasteiger partial charge < -0.3 is 33.7 Å². The Labute approximate surface area is 250 Å². The van der Waals surface area contributed by atoms with Gasteiger partial charge in [-0.1, -0.05) is 0 Å². The number of aromatic nitrogens is 2. The number of aliphatic hydroxyl groups excluding tert-OH is 1. The zero-order chi connectivity index (χ0) is 22.2. The van der Waals surface area contributed by atoms with E-state index in [-0.39, 0.29) is 105 Å². The first-order valence-electron chi connectivity index (χ1n) is 7.52. The first kappa shape index (κ1) is 36.2. The molecular weight excluding hydrogens is 534 g/mol. The number of rotatable bonds is 8. The van der Waals surface area contributed by atoms with Crippen molar-refractivity contribution in [1.29, 1.82) is 0 Å². The van der Waals surface area contributed by atoms with Gasteiger partial charge in [0, 0.05) is 18.2 Å². The maximum absolute atomic E-state index is 11.9. The predicted molar refractivity (Wildman–Crippen MR) is 93.7 cm³/mol. The van der Waals surface area contributed by atoms with Crippen LogP contribution in [-0.4, -0.2) is 53.0 Å². The van der Waals surface area contributed by atoms with Crippen molar-refractivity contribution in [2.24, 2.45) is 0 Å². The van der Waals surface area contributed by atoms with Gasteiger partial charge in [-0.05, 0) is 6.92 Å². The first-order valence-corrected chi connectivity index (χ1v) is 12.0. The fourth-order valence-corrected chi connectivity index (χ4v) is 5.34. The molecule has 0 radical (unpaired) electrons. The molecule has 6 N–H and O–H groups in total. The minimum Gasteiger partial charge on any atom is -1.00 e. The van der Waals surface area contributed by atoms with Gasteiger partial charge in [-0.15, -0.1) is 0 Å². The molecule has 1 aliphatic rings. The Morgan fingerprint density at radius 2 is 1.69 bits per heavy atom. The Morgan fingerprint density at radius 1 is 1.12 bits per heavy atom. The third-order valence-corrected chi connectivity index (χ3v) is 7.28. The van der Waals surface area contributed by atoms with E-state index in [1.807, 2.05) is 4.98 Å². The normalized spacial score (nSPS) is 24.2. The van der Waals surface area contributed by atoms with Crippen LogP contribution >= 0.6 is 23.5 Å². The van der Waals surface area contributed by atoms with Crippen molar-refractivity contribution in [2.45, 2.75) is 31.8 Å². The minimum atomic E-state index is -5.67. The number of hydrogen-bond acceptors (Lipinski definition) is 10. The molecule has 5 atom stereocenters. The van der Waals surface area contributed by atoms with Gasteiger partial charge >= 0.3 is 118 Å².